The summed E-state index contributed by atoms with van der Waals surface area (Å²) in [4.78, 5) is 13.4. The molecule has 138 valence electrons. The molecule has 0 aromatic heterocycles. The van der Waals surface area contributed by atoms with Crippen molar-refractivity contribution in [2.24, 2.45) is 5.73 Å². The summed E-state index contributed by atoms with van der Waals surface area (Å²) < 4.78 is 29.7. The van der Waals surface area contributed by atoms with E-state index in [4.69, 9.17) is 10.5 Å². The zero-order chi connectivity index (χ0) is 18.8. The van der Waals surface area contributed by atoms with Crippen LogP contribution in [0.25, 0.3) is 0 Å². The van der Waals surface area contributed by atoms with Gasteiger partial charge in [0.1, 0.15) is 17.2 Å². The Labute approximate surface area is 144 Å². The van der Waals surface area contributed by atoms with E-state index in [1.807, 2.05) is 27.7 Å². The third-order valence-corrected chi connectivity index (χ3v) is 2.78. The number of ether oxygens (including phenoxy) is 1. The maximum Gasteiger partial charge on any atom is 0.410 e. The Hall–Kier alpha value is -1.69. The van der Waals surface area contributed by atoms with Crippen molar-refractivity contribution in [3.63, 3.8) is 0 Å². The number of halogens is 2. The summed E-state index contributed by atoms with van der Waals surface area (Å²) in [6.07, 6.45) is 1.51. The van der Waals surface area contributed by atoms with Crippen molar-refractivity contribution in [3.8, 4) is 0 Å². The van der Waals surface area contributed by atoms with Gasteiger partial charge < -0.3 is 15.4 Å². The van der Waals surface area contributed by atoms with E-state index in [0.717, 1.165) is 25.5 Å². The quantitative estimate of drug-likeness (QED) is 0.868. The van der Waals surface area contributed by atoms with Gasteiger partial charge >= 0.3 is 6.09 Å². The lowest BCUT2D eigenvalue weighted by Gasteiger charge is -2.27. The van der Waals surface area contributed by atoms with Crippen molar-refractivity contribution >= 4 is 6.09 Å². The molecule has 1 aromatic carbocycles. The minimum absolute atomic E-state index is 0.238. The van der Waals surface area contributed by atoms with Crippen molar-refractivity contribution in [1.29, 1.82) is 0 Å². The van der Waals surface area contributed by atoms with Crippen LogP contribution in [-0.2, 0) is 4.74 Å². The number of nitrogens with two attached hydrogens (primary N) is 1. The van der Waals surface area contributed by atoms with Crippen LogP contribution in [0, 0.1) is 18.6 Å². The van der Waals surface area contributed by atoms with Crippen molar-refractivity contribution in [2.45, 2.75) is 53.1 Å². The van der Waals surface area contributed by atoms with Gasteiger partial charge in [-0.1, -0.05) is 6.92 Å². The Morgan fingerprint density at radius 3 is 2.08 bits per heavy atom. The van der Waals surface area contributed by atoms with E-state index in [-0.39, 0.29) is 6.09 Å². The molecular weight excluding hydrogens is 314 g/mol. The summed E-state index contributed by atoms with van der Waals surface area (Å²) >= 11 is 0. The van der Waals surface area contributed by atoms with Gasteiger partial charge in [-0.2, -0.15) is 0 Å². The van der Waals surface area contributed by atoms with Crippen LogP contribution in [0.5, 0.6) is 0 Å². The molecule has 0 fully saturated rings. The standard InChI is InChI=1S/C11H24N2O2.C7H6F2/c1-5-8-13(9-6-7-12)10(14)15-11(2,3)4;1-5-2-6(8)4-7(9)3-5/h5-9,12H2,1-4H3;2-4H,1H3. The second-order valence-electron chi connectivity index (χ2n) is 6.56. The molecule has 0 aliphatic rings. The van der Waals surface area contributed by atoms with E-state index in [0.29, 0.717) is 18.7 Å². The number of rotatable bonds is 5. The molecule has 0 bridgehead atoms. The van der Waals surface area contributed by atoms with Crippen molar-refractivity contribution in [1.82, 2.24) is 4.90 Å². The van der Waals surface area contributed by atoms with Crippen LogP contribution in [0.3, 0.4) is 0 Å². The molecule has 0 saturated carbocycles. The van der Waals surface area contributed by atoms with Gasteiger partial charge in [0.25, 0.3) is 0 Å². The summed E-state index contributed by atoms with van der Waals surface area (Å²) in [5.74, 6) is -1.04. The van der Waals surface area contributed by atoms with Crippen LogP contribution in [-0.4, -0.2) is 36.2 Å². The number of hydrogen-bond acceptors (Lipinski definition) is 3. The summed E-state index contributed by atoms with van der Waals surface area (Å²) in [7, 11) is 0. The van der Waals surface area contributed by atoms with Gasteiger partial charge in [0.05, 0.1) is 0 Å². The smallest absolute Gasteiger partial charge is 0.410 e. The van der Waals surface area contributed by atoms with Crippen LogP contribution in [0.4, 0.5) is 13.6 Å². The fourth-order valence-electron chi connectivity index (χ4n) is 1.86. The van der Waals surface area contributed by atoms with Crippen LogP contribution < -0.4 is 5.73 Å². The van der Waals surface area contributed by atoms with Gasteiger partial charge in [-0.25, -0.2) is 13.6 Å². The molecule has 6 heteroatoms. The molecule has 0 aliphatic carbocycles. The molecule has 24 heavy (non-hydrogen) atoms. The predicted octanol–water partition coefficient (Wildman–Crippen LogP) is 4.26. The zero-order valence-electron chi connectivity index (χ0n) is 15.4. The Morgan fingerprint density at radius 2 is 1.71 bits per heavy atom. The highest BCUT2D eigenvalue weighted by Gasteiger charge is 2.20. The first-order valence-corrected chi connectivity index (χ1v) is 8.19. The SMILES string of the molecule is CCCN(CCCN)C(=O)OC(C)(C)C.Cc1cc(F)cc(F)c1. The van der Waals surface area contributed by atoms with Gasteiger partial charge in [-0.05, 0) is 64.8 Å². The van der Waals surface area contributed by atoms with E-state index in [1.54, 1.807) is 11.8 Å². The first kappa shape index (κ1) is 22.3. The van der Waals surface area contributed by atoms with Gasteiger partial charge in [-0.3, -0.25) is 0 Å². The second kappa shape index (κ2) is 11.0. The Morgan fingerprint density at radius 1 is 1.17 bits per heavy atom. The maximum atomic E-state index is 12.2. The molecule has 0 aliphatic heterocycles. The highest BCUT2D eigenvalue weighted by atomic mass is 19.1. The Bertz CT molecular complexity index is 452. The van der Waals surface area contributed by atoms with E-state index >= 15 is 0 Å². The average Bonchev–Trinajstić information content (AvgIpc) is 2.40. The van der Waals surface area contributed by atoms with E-state index in [1.165, 1.54) is 12.1 Å². The summed E-state index contributed by atoms with van der Waals surface area (Å²) in [6.45, 7) is 11.3. The van der Waals surface area contributed by atoms with Gasteiger partial charge in [0.15, 0.2) is 0 Å². The third-order valence-electron chi connectivity index (χ3n) is 2.78. The van der Waals surface area contributed by atoms with E-state index in [9.17, 15) is 13.6 Å². The minimum Gasteiger partial charge on any atom is -0.444 e. The molecule has 0 unspecified atom stereocenters. The summed E-state index contributed by atoms with van der Waals surface area (Å²) in [5, 5.41) is 0. The van der Waals surface area contributed by atoms with Gasteiger partial charge in [0, 0.05) is 19.2 Å². The molecule has 1 amide bonds. The number of carbonyl (C=O) groups is 1. The summed E-state index contributed by atoms with van der Waals surface area (Å²) in [6, 6.07) is 3.42. The van der Waals surface area contributed by atoms with Crippen molar-refractivity contribution < 1.29 is 18.3 Å². The maximum absolute atomic E-state index is 12.2. The second-order valence-corrected chi connectivity index (χ2v) is 6.56. The number of amides is 1. The Balaban J connectivity index is 0.000000496. The molecule has 1 rings (SSSR count). The lowest BCUT2D eigenvalue weighted by Crippen LogP contribution is -2.38. The lowest BCUT2D eigenvalue weighted by atomic mass is 10.2. The molecule has 0 atom stereocenters. The zero-order valence-corrected chi connectivity index (χ0v) is 15.4. The normalized spacial score (nSPS) is 10.7. The Kier molecular flexibility index (Phi) is 10.2. The van der Waals surface area contributed by atoms with Crippen LogP contribution in [0.1, 0.15) is 46.1 Å². The molecular formula is C18H30F2N2O2. The lowest BCUT2D eigenvalue weighted by molar-refractivity contribution is 0.0249. The first-order chi connectivity index (χ1) is 11.1. The molecule has 0 spiro atoms. The number of aryl methyl sites for hydroxylation is 1. The number of benzene rings is 1. The van der Waals surface area contributed by atoms with Crippen molar-refractivity contribution in [2.75, 3.05) is 19.6 Å². The van der Waals surface area contributed by atoms with E-state index < -0.39 is 17.2 Å². The predicted molar refractivity (Wildman–Crippen MR) is 92.9 cm³/mol. The van der Waals surface area contributed by atoms with Crippen molar-refractivity contribution in [3.05, 3.63) is 35.4 Å². The van der Waals surface area contributed by atoms with Crippen LogP contribution in [0.2, 0.25) is 0 Å². The molecule has 2 N–H and O–H groups in total. The topological polar surface area (TPSA) is 55.6 Å². The van der Waals surface area contributed by atoms with Gasteiger partial charge in [-0.15, -0.1) is 0 Å². The fraction of sp³-hybridized carbons (Fsp3) is 0.611. The summed E-state index contributed by atoms with van der Waals surface area (Å²) in [5.41, 5.74) is 5.60. The number of carbonyl (C=O) groups excluding carboxylic acids is 1. The monoisotopic (exact) mass is 344 g/mol. The molecule has 1 aromatic rings. The fourth-order valence-corrected chi connectivity index (χ4v) is 1.86. The largest absolute Gasteiger partial charge is 0.444 e. The minimum atomic E-state index is -0.521. The van der Waals surface area contributed by atoms with Gasteiger partial charge in [0.2, 0.25) is 0 Å². The van der Waals surface area contributed by atoms with E-state index in [2.05, 4.69) is 0 Å². The average molecular weight is 344 g/mol. The van der Waals surface area contributed by atoms with Crippen LogP contribution in [0.15, 0.2) is 18.2 Å². The highest BCUT2D eigenvalue weighted by Crippen LogP contribution is 2.10. The molecule has 0 radical (unpaired) electrons. The first-order valence-electron chi connectivity index (χ1n) is 8.19. The van der Waals surface area contributed by atoms with Crippen LogP contribution >= 0.6 is 0 Å². The third kappa shape index (κ3) is 10.9. The molecule has 0 saturated heterocycles. The highest BCUT2D eigenvalue weighted by molar-refractivity contribution is 5.68. The molecule has 4 nitrogen and oxygen atoms in total. The molecule has 0 heterocycles. The number of hydrogen-bond donors (Lipinski definition) is 1. The number of nitrogens with zero attached hydrogens (tertiary/aromatic N) is 1.